The fraction of sp³-hybridized carbons (Fsp3) is 0.500. The molecule has 2 aromatic rings. The molecule has 9 atom stereocenters. The van der Waals surface area contributed by atoms with Crippen molar-refractivity contribution in [2.24, 2.45) is 28.6 Å². The Kier molecular flexibility index (Phi) is 13.8. The molecule has 1 heterocycles. The number of ketones is 2. The van der Waals surface area contributed by atoms with Gasteiger partial charge in [-0.15, -0.1) is 0 Å². The number of aromatic nitrogens is 1. The second kappa shape index (κ2) is 17.4. The number of carboxylic acid groups (broad SMARTS) is 2. The molecule has 3 fully saturated rings. The number of benzene rings is 1. The van der Waals surface area contributed by atoms with Gasteiger partial charge in [-0.1, -0.05) is 55.3 Å². The van der Waals surface area contributed by atoms with Crippen molar-refractivity contribution in [2.75, 3.05) is 27.2 Å². The molecule has 1 aromatic carbocycles. The van der Waals surface area contributed by atoms with Crippen molar-refractivity contribution in [1.82, 2.24) is 9.88 Å². The van der Waals surface area contributed by atoms with E-state index in [1.807, 2.05) is 30.5 Å². The zero-order valence-electron chi connectivity index (χ0n) is 31.9. The maximum absolute atomic E-state index is 16.9. The molecule has 0 saturated heterocycles. The van der Waals surface area contributed by atoms with Crippen LogP contribution in [0.1, 0.15) is 70.1 Å². The van der Waals surface area contributed by atoms with E-state index in [4.69, 9.17) is 21.8 Å². The van der Waals surface area contributed by atoms with Crippen molar-refractivity contribution in [1.29, 1.82) is 0 Å². The highest BCUT2D eigenvalue weighted by atomic mass is 35.5. The number of halogens is 2. The molecule has 0 aliphatic heterocycles. The standard InChI is InChI=1S/C22H29FO5.C16H19ClN2.C4H4O4/c1-12-8-16-15-5-4-13-9-14(25)6-7-19(13,2)21(15,23)17(26)10-20(16,3)22(12,28)18(27)11-24;1-19(2)12-10-15(16-5-3-4-11-18-16)13-6-8-14(17)9-7-13;5-3(6)1-2-4(7)8/h6-7,9,12,15-17,24,26,28H,4-5,8,10-11H2,1-3H3;3-9,11,15H,10,12H2,1-2H3;1-2H,(H,5,6)(H,7,8)/b;;2-1-/t12-,15-,16-,17-,19-,20-,21-,22-;15-;/m00./s1. The topological polar surface area (TPSA) is 186 Å². The van der Waals surface area contributed by atoms with Crippen LogP contribution in [0, 0.1) is 28.6 Å². The van der Waals surface area contributed by atoms with Crippen molar-refractivity contribution >= 4 is 35.1 Å². The van der Waals surface area contributed by atoms with E-state index in [1.165, 1.54) is 17.7 Å². The lowest BCUT2D eigenvalue weighted by Crippen LogP contribution is -2.69. The number of Topliss-reactive ketones (excluding diaryl/α,β-unsaturated/α-hetero) is 1. The number of hydrogen-bond donors (Lipinski definition) is 5. The summed E-state index contributed by atoms with van der Waals surface area (Å²) in [5.74, 6) is -4.31. The van der Waals surface area contributed by atoms with E-state index in [9.17, 15) is 34.5 Å². The first-order valence-electron chi connectivity index (χ1n) is 18.4. The molecule has 3 saturated carbocycles. The Balaban J connectivity index is 0.000000215. The summed E-state index contributed by atoms with van der Waals surface area (Å²) < 4.78 is 16.9. The van der Waals surface area contributed by atoms with E-state index in [1.54, 1.807) is 26.8 Å². The molecule has 6 rings (SSSR count). The third kappa shape index (κ3) is 8.53. The molecule has 0 bridgehead atoms. The normalized spacial score (nSPS) is 32.5. The van der Waals surface area contributed by atoms with Gasteiger partial charge < -0.3 is 30.4 Å². The van der Waals surface area contributed by atoms with Gasteiger partial charge in [0.1, 0.15) is 12.2 Å². The molecule has 0 unspecified atom stereocenters. The minimum atomic E-state index is -1.98. The maximum Gasteiger partial charge on any atom is 0.328 e. The van der Waals surface area contributed by atoms with Crippen molar-refractivity contribution in [3.05, 3.63) is 101 Å². The minimum Gasteiger partial charge on any atom is -0.478 e. The smallest absolute Gasteiger partial charge is 0.328 e. The highest BCUT2D eigenvalue weighted by Crippen LogP contribution is 2.70. The van der Waals surface area contributed by atoms with Gasteiger partial charge in [-0.25, -0.2) is 14.0 Å². The summed E-state index contributed by atoms with van der Waals surface area (Å²) in [5, 5.41) is 48.4. The van der Waals surface area contributed by atoms with Crippen LogP contribution in [-0.2, 0) is 19.2 Å². The summed E-state index contributed by atoms with van der Waals surface area (Å²) in [6, 6.07) is 14.2. The van der Waals surface area contributed by atoms with Crippen molar-refractivity contribution in [3.63, 3.8) is 0 Å². The third-order valence-electron chi connectivity index (χ3n) is 12.3. The van der Waals surface area contributed by atoms with Crippen LogP contribution in [0.3, 0.4) is 0 Å². The summed E-state index contributed by atoms with van der Waals surface area (Å²) in [6.45, 7) is 5.51. The van der Waals surface area contributed by atoms with E-state index in [0.717, 1.165) is 23.7 Å². The van der Waals surface area contributed by atoms with Crippen molar-refractivity contribution < 1.29 is 49.1 Å². The molecule has 13 heteroatoms. The van der Waals surface area contributed by atoms with Gasteiger partial charge in [0.05, 0.1) is 6.10 Å². The first-order valence-corrected chi connectivity index (χ1v) is 18.8. The monoisotopic (exact) mass is 782 g/mol. The zero-order chi connectivity index (χ0) is 40.9. The molecule has 5 N–H and O–H groups in total. The number of fused-ring (bicyclic) bond motifs is 5. The zero-order valence-corrected chi connectivity index (χ0v) is 32.6. The summed E-state index contributed by atoms with van der Waals surface area (Å²) in [7, 11) is 4.19. The largest absolute Gasteiger partial charge is 0.478 e. The Morgan fingerprint density at radius 1 is 1.05 bits per heavy atom. The summed E-state index contributed by atoms with van der Waals surface area (Å²) in [4.78, 5) is 50.2. The number of carbonyl (C=O) groups is 4. The van der Waals surface area contributed by atoms with Gasteiger partial charge >= 0.3 is 11.9 Å². The number of alkyl halides is 1. The predicted octanol–water partition coefficient (Wildman–Crippen LogP) is 5.43. The van der Waals surface area contributed by atoms with Gasteiger partial charge in [0.15, 0.2) is 17.2 Å². The molecule has 4 aliphatic carbocycles. The Morgan fingerprint density at radius 3 is 2.24 bits per heavy atom. The lowest BCUT2D eigenvalue weighted by Gasteiger charge is -2.62. The van der Waals surface area contributed by atoms with E-state index >= 15 is 4.39 Å². The van der Waals surface area contributed by atoms with Crippen LogP contribution in [0.15, 0.2) is 84.6 Å². The van der Waals surface area contributed by atoms with Gasteiger partial charge in [0.2, 0.25) is 0 Å². The van der Waals surface area contributed by atoms with E-state index < -0.39 is 64.4 Å². The van der Waals surface area contributed by atoms with Gasteiger partial charge in [-0.05, 0) is 113 Å². The molecule has 0 spiro atoms. The first kappa shape index (κ1) is 43.7. The molecule has 4 aliphatic rings. The van der Waals surface area contributed by atoms with E-state index in [0.29, 0.717) is 42.9 Å². The number of pyridine rings is 1. The molecular weight excluding hydrogens is 731 g/mol. The number of carbonyl (C=O) groups excluding carboxylic acids is 2. The fourth-order valence-electron chi connectivity index (χ4n) is 9.55. The highest BCUT2D eigenvalue weighted by Gasteiger charge is 2.75. The predicted molar refractivity (Wildman–Crippen MR) is 205 cm³/mol. The van der Waals surface area contributed by atoms with Crippen LogP contribution in [0.2, 0.25) is 5.02 Å². The number of aliphatic hydroxyl groups is 3. The second-order valence-corrected chi connectivity index (χ2v) is 16.1. The lowest BCUT2D eigenvalue weighted by atomic mass is 9.44. The Labute approximate surface area is 326 Å². The van der Waals surface area contributed by atoms with Gasteiger partial charge in [-0.3, -0.25) is 14.6 Å². The Morgan fingerprint density at radius 2 is 1.69 bits per heavy atom. The number of nitrogens with zero attached hydrogens (tertiary/aromatic N) is 2. The Hall–Kier alpha value is -4.07. The average Bonchev–Trinajstić information content (AvgIpc) is 3.34. The van der Waals surface area contributed by atoms with Gasteiger partial charge in [-0.2, -0.15) is 0 Å². The molecule has 11 nitrogen and oxygen atoms in total. The van der Waals surface area contributed by atoms with Crippen LogP contribution >= 0.6 is 11.6 Å². The third-order valence-corrected chi connectivity index (χ3v) is 12.6. The lowest BCUT2D eigenvalue weighted by molar-refractivity contribution is -0.219. The van der Waals surface area contributed by atoms with Crippen LogP contribution in [0.5, 0.6) is 0 Å². The second-order valence-electron chi connectivity index (χ2n) is 15.7. The molecule has 1 aromatic heterocycles. The van der Waals surface area contributed by atoms with Crippen LogP contribution < -0.4 is 0 Å². The number of carboxylic acids is 2. The van der Waals surface area contributed by atoms with Crippen molar-refractivity contribution in [3.8, 4) is 0 Å². The number of hydrogen-bond acceptors (Lipinski definition) is 9. The number of rotatable bonds is 9. The summed E-state index contributed by atoms with van der Waals surface area (Å²) in [5.41, 5.74) is -2.78. The van der Waals surface area contributed by atoms with Gasteiger partial charge in [0.25, 0.3) is 0 Å². The van der Waals surface area contributed by atoms with Crippen molar-refractivity contribution in [2.45, 2.75) is 76.2 Å². The molecule has 0 amide bonds. The van der Waals surface area contributed by atoms with Crippen LogP contribution in [0.4, 0.5) is 4.39 Å². The fourth-order valence-corrected chi connectivity index (χ4v) is 9.68. The maximum atomic E-state index is 16.9. The van der Waals surface area contributed by atoms with Crippen LogP contribution in [-0.4, -0.2) is 104 Å². The molecule has 0 radical (unpaired) electrons. The molecule has 298 valence electrons. The average molecular weight is 783 g/mol. The quantitative estimate of drug-likeness (QED) is 0.205. The number of aliphatic hydroxyl groups excluding tert-OH is 2. The SMILES string of the molecule is CN(C)CC[C@@H](c1ccc(Cl)cc1)c1ccccn1.C[C@H]1C[C@H]2[C@@H]3CCC4=CC(=O)C=C[C@]4(C)[C@@]3(F)[C@@H](O)C[C@]2(C)[C@@]1(O)C(=O)CO.O=C(O)/C=C\C(=O)O. The number of allylic oxidation sites excluding steroid dienone is 4. The summed E-state index contributed by atoms with van der Waals surface area (Å²) >= 11 is 5.97. The van der Waals surface area contributed by atoms with E-state index in [2.05, 4.69) is 42.2 Å². The minimum absolute atomic E-state index is 0.0676. The van der Waals surface area contributed by atoms with E-state index in [-0.39, 0.29) is 18.1 Å². The van der Waals surface area contributed by atoms with Crippen LogP contribution in [0.25, 0.3) is 0 Å². The summed E-state index contributed by atoms with van der Waals surface area (Å²) in [6.07, 6.45) is 8.46. The molecule has 55 heavy (non-hydrogen) atoms. The highest BCUT2D eigenvalue weighted by molar-refractivity contribution is 6.30. The molecular formula is C42H52ClFN2O9. The Bertz CT molecular complexity index is 1800. The van der Waals surface area contributed by atoms with Gasteiger partial charge in [0, 0.05) is 51.7 Å². The first-order chi connectivity index (χ1) is 25.8. The number of aliphatic carboxylic acids is 2.